The Balaban J connectivity index is 2.12. The number of hydrogen-bond acceptors (Lipinski definition) is 1. The quantitative estimate of drug-likeness (QED) is 0.750. The zero-order chi connectivity index (χ0) is 10.3. The summed E-state index contributed by atoms with van der Waals surface area (Å²) in [5.41, 5.74) is 4.14. The first kappa shape index (κ1) is 8.98. The fourth-order valence-electron chi connectivity index (χ4n) is 2.60. The van der Waals surface area contributed by atoms with E-state index >= 15 is 0 Å². The Bertz CT molecular complexity index is 486. The number of aryl methyl sites for hydroxylation is 1. The van der Waals surface area contributed by atoms with E-state index in [2.05, 4.69) is 34.9 Å². The minimum Gasteiger partial charge on any atom is -0.396 e. The Morgan fingerprint density at radius 2 is 2.33 bits per heavy atom. The lowest BCUT2D eigenvalue weighted by atomic mass is 9.88. The zero-order valence-electron chi connectivity index (χ0n) is 8.69. The van der Waals surface area contributed by atoms with Crippen LogP contribution in [0.3, 0.4) is 0 Å². The lowest BCUT2D eigenvalue weighted by molar-refractivity contribution is 0.213. The van der Waals surface area contributed by atoms with E-state index in [1.165, 1.54) is 16.8 Å². The van der Waals surface area contributed by atoms with Crippen LogP contribution in [-0.2, 0) is 12.8 Å². The number of aromatic nitrogens is 1. The molecule has 1 N–H and O–H groups in total. The van der Waals surface area contributed by atoms with Crippen LogP contribution in [0.4, 0.5) is 0 Å². The molecule has 0 aliphatic heterocycles. The monoisotopic (exact) mass is 201 g/mol. The van der Waals surface area contributed by atoms with Crippen molar-refractivity contribution in [3.8, 4) is 0 Å². The molecule has 2 heterocycles. The maximum absolute atomic E-state index is 9.18. The number of fused-ring (bicyclic) bond motifs is 3. The van der Waals surface area contributed by atoms with Gasteiger partial charge in [0, 0.05) is 24.0 Å². The molecule has 0 aromatic carbocycles. The van der Waals surface area contributed by atoms with Crippen LogP contribution >= 0.6 is 0 Å². The molecule has 2 nitrogen and oxygen atoms in total. The van der Waals surface area contributed by atoms with E-state index in [-0.39, 0.29) is 0 Å². The van der Waals surface area contributed by atoms with Gasteiger partial charge in [0.1, 0.15) is 0 Å². The van der Waals surface area contributed by atoms with Gasteiger partial charge in [-0.25, -0.2) is 0 Å². The number of rotatable bonds is 1. The van der Waals surface area contributed by atoms with Crippen molar-refractivity contribution in [1.82, 2.24) is 4.40 Å². The highest BCUT2D eigenvalue weighted by Gasteiger charge is 2.20. The van der Waals surface area contributed by atoms with Gasteiger partial charge in [0.2, 0.25) is 0 Å². The largest absolute Gasteiger partial charge is 0.396 e. The average Bonchev–Trinajstić information content (AvgIpc) is 2.66. The third-order valence-electron chi connectivity index (χ3n) is 3.43. The van der Waals surface area contributed by atoms with Crippen LogP contribution in [0.15, 0.2) is 30.5 Å². The van der Waals surface area contributed by atoms with Gasteiger partial charge in [0.25, 0.3) is 0 Å². The average molecular weight is 201 g/mol. The van der Waals surface area contributed by atoms with Crippen molar-refractivity contribution in [3.63, 3.8) is 0 Å². The van der Waals surface area contributed by atoms with Gasteiger partial charge in [-0.05, 0) is 48.9 Å². The second-order valence-corrected chi connectivity index (χ2v) is 4.40. The summed E-state index contributed by atoms with van der Waals surface area (Å²) in [7, 11) is 0. The van der Waals surface area contributed by atoms with Gasteiger partial charge in [-0.15, -0.1) is 0 Å². The van der Waals surface area contributed by atoms with Crippen molar-refractivity contribution < 1.29 is 5.11 Å². The van der Waals surface area contributed by atoms with E-state index in [1.807, 2.05) is 0 Å². The maximum Gasteiger partial charge on any atom is 0.0462 e. The predicted molar refractivity (Wildman–Crippen MR) is 60.0 cm³/mol. The summed E-state index contributed by atoms with van der Waals surface area (Å²) < 4.78 is 2.28. The van der Waals surface area contributed by atoms with Crippen molar-refractivity contribution in [2.75, 3.05) is 6.61 Å². The molecule has 1 aliphatic carbocycles. The predicted octanol–water partition coefficient (Wildman–Crippen LogP) is 2.04. The van der Waals surface area contributed by atoms with E-state index in [4.69, 9.17) is 0 Å². The van der Waals surface area contributed by atoms with Crippen molar-refractivity contribution in [1.29, 1.82) is 0 Å². The molecule has 0 unspecified atom stereocenters. The van der Waals surface area contributed by atoms with E-state index in [0.29, 0.717) is 12.5 Å². The Labute approximate surface area is 89.2 Å². The van der Waals surface area contributed by atoms with Gasteiger partial charge >= 0.3 is 0 Å². The molecular formula is C13H15NO. The highest BCUT2D eigenvalue weighted by Crippen LogP contribution is 2.28. The molecule has 0 saturated carbocycles. The fraction of sp³-hybridized carbons (Fsp3) is 0.385. The number of hydrogen-bond donors (Lipinski definition) is 1. The third-order valence-corrected chi connectivity index (χ3v) is 3.43. The maximum atomic E-state index is 9.18. The molecule has 0 spiro atoms. The van der Waals surface area contributed by atoms with Gasteiger partial charge in [0.05, 0.1) is 0 Å². The summed E-state index contributed by atoms with van der Waals surface area (Å²) in [6, 6.07) is 8.55. The Morgan fingerprint density at radius 1 is 1.40 bits per heavy atom. The van der Waals surface area contributed by atoms with Gasteiger partial charge in [-0.1, -0.05) is 6.07 Å². The summed E-state index contributed by atoms with van der Waals surface area (Å²) in [5, 5.41) is 9.18. The summed E-state index contributed by atoms with van der Waals surface area (Å²) in [6.45, 7) is 0.325. The molecule has 0 bridgehead atoms. The van der Waals surface area contributed by atoms with E-state index in [1.54, 1.807) is 0 Å². The molecule has 2 aromatic rings. The standard InChI is InChI=1S/C13H15NO/c15-9-10-4-5-13-11(7-10)8-12-3-1-2-6-14(12)13/h1-3,6,8,10,15H,4-5,7,9H2/t10-/m1/s1. The van der Waals surface area contributed by atoms with E-state index in [9.17, 15) is 5.11 Å². The SMILES string of the molecule is OC[C@@H]1CCc2c(cc3ccccn23)C1. The first-order valence-corrected chi connectivity index (χ1v) is 5.57. The van der Waals surface area contributed by atoms with Crippen LogP contribution in [0.1, 0.15) is 17.7 Å². The normalized spacial score (nSPS) is 20.5. The molecule has 2 aromatic heterocycles. The highest BCUT2D eigenvalue weighted by molar-refractivity contribution is 5.54. The molecule has 0 radical (unpaired) electrons. The zero-order valence-corrected chi connectivity index (χ0v) is 8.69. The molecule has 1 aliphatic rings. The van der Waals surface area contributed by atoms with E-state index < -0.39 is 0 Å². The summed E-state index contributed by atoms with van der Waals surface area (Å²) >= 11 is 0. The van der Waals surface area contributed by atoms with Crippen molar-refractivity contribution in [2.45, 2.75) is 19.3 Å². The van der Waals surface area contributed by atoms with Crippen LogP contribution in [-0.4, -0.2) is 16.1 Å². The fourth-order valence-corrected chi connectivity index (χ4v) is 2.60. The van der Waals surface area contributed by atoms with Crippen LogP contribution in [0, 0.1) is 5.92 Å². The highest BCUT2D eigenvalue weighted by atomic mass is 16.3. The van der Waals surface area contributed by atoms with Crippen molar-refractivity contribution >= 4 is 5.52 Å². The van der Waals surface area contributed by atoms with Crippen molar-refractivity contribution in [2.24, 2.45) is 5.92 Å². The van der Waals surface area contributed by atoms with Crippen LogP contribution in [0.2, 0.25) is 0 Å². The lowest BCUT2D eigenvalue weighted by Gasteiger charge is -2.20. The van der Waals surface area contributed by atoms with Crippen LogP contribution < -0.4 is 0 Å². The molecule has 0 fully saturated rings. The third kappa shape index (κ3) is 1.37. The van der Waals surface area contributed by atoms with E-state index in [0.717, 1.165) is 19.3 Å². The molecule has 3 rings (SSSR count). The molecule has 0 amide bonds. The summed E-state index contributed by atoms with van der Waals surface area (Å²) in [4.78, 5) is 0. The minimum atomic E-state index is 0.325. The first-order valence-electron chi connectivity index (χ1n) is 5.57. The second kappa shape index (κ2) is 3.38. The minimum absolute atomic E-state index is 0.325. The molecular weight excluding hydrogens is 186 g/mol. The van der Waals surface area contributed by atoms with Gasteiger partial charge in [-0.3, -0.25) is 0 Å². The van der Waals surface area contributed by atoms with Gasteiger partial charge < -0.3 is 9.51 Å². The summed E-state index contributed by atoms with van der Waals surface area (Å²) in [6.07, 6.45) is 5.38. The molecule has 78 valence electrons. The van der Waals surface area contributed by atoms with Gasteiger partial charge in [0.15, 0.2) is 0 Å². The smallest absolute Gasteiger partial charge is 0.0462 e. The Kier molecular flexibility index (Phi) is 2.03. The van der Waals surface area contributed by atoms with Crippen molar-refractivity contribution in [3.05, 3.63) is 41.7 Å². The Morgan fingerprint density at radius 3 is 3.20 bits per heavy atom. The molecule has 0 saturated heterocycles. The van der Waals surface area contributed by atoms with Crippen LogP contribution in [0.25, 0.3) is 5.52 Å². The molecule has 1 atom stereocenters. The Hall–Kier alpha value is -1.28. The lowest BCUT2D eigenvalue weighted by Crippen LogP contribution is -2.17. The second-order valence-electron chi connectivity index (χ2n) is 4.40. The molecule has 2 heteroatoms. The van der Waals surface area contributed by atoms with Crippen LogP contribution in [0.5, 0.6) is 0 Å². The first-order chi connectivity index (χ1) is 7.38. The number of aliphatic hydroxyl groups excluding tert-OH is 1. The summed E-state index contributed by atoms with van der Waals surface area (Å²) in [5.74, 6) is 0.468. The topological polar surface area (TPSA) is 24.6 Å². The number of nitrogens with zero attached hydrogens (tertiary/aromatic N) is 1. The van der Waals surface area contributed by atoms with Gasteiger partial charge in [-0.2, -0.15) is 0 Å². The molecule has 15 heavy (non-hydrogen) atoms. The number of pyridine rings is 1. The number of aliphatic hydroxyl groups is 1.